The van der Waals surface area contributed by atoms with E-state index in [0.717, 1.165) is 7.05 Å². The van der Waals surface area contributed by atoms with Gasteiger partial charge >= 0.3 is 6.18 Å². The molecule has 0 aliphatic heterocycles. The van der Waals surface area contributed by atoms with Gasteiger partial charge in [-0.15, -0.1) is 0 Å². The van der Waals surface area contributed by atoms with E-state index in [1.807, 2.05) is 0 Å². The molecule has 0 aromatic carbocycles. The Morgan fingerprint density at radius 3 is 2.62 bits per heavy atom. The lowest BCUT2D eigenvalue weighted by atomic mass is 10.2. The highest BCUT2D eigenvalue weighted by molar-refractivity contribution is 9.10. The van der Waals surface area contributed by atoms with E-state index in [4.69, 9.17) is 0 Å². The molecule has 88 valence electrons. The lowest BCUT2D eigenvalue weighted by Crippen LogP contribution is -2.35. The Balaban J connectivity index is 2.78. The van der Waals surface area contributed by atoms with Crippen LogP contribution in [0.3, 0.4) is 0 Å². The molecule has 0 fully saturated rings. The molecule has 0 spiro atoms. The fourth-order valence-corrected chi connectivity index (χ4v) is 1.45. The van der Waals surface area contributed by atoms with Gasteiger partial charge in [0.05, 0.1) is 5.56 Å². The van der Waals surface area contributed by atoms with E-state index in [-0.39, 0.29) is 5.56 Å². The average molecular weight is 297 g/mol. The van der Waals surface area contributed by atoms with Crippen molar-refractivity contribution in [3.63, 3.8) is 0 Å². The third kappa shape index (κ3) is 3.80. The number of aromatic nitrogens is 1. The van der Waals surface area contributed by atoms with E-state index in [9.17, 15) is 18.0 Å². The van der Waals surface area contributed by atoms with Crippen LogP contribution in [0.1, 0.15) is 10.4 Å². The van der Waals surface area contributed by atoms with Crippen LogP contribution < -0.4 is 0 Å². The highest BCUT2D eigenvalue weighted by Gasteiger charge is 2.31. The van der Waals surface area contributed by atoms with Gasteiger partial charge in [-0.05, 0) is 22.0 Å². The third-order valence-corrected chi connectivity index (χ3v) is 2.15. The molecule has 1 heterocycles. The second kappa shape index (κ2) is 4.82. The Morgan fingerprint density at radius 2 is 2.12 bits per heavy atom. The van der Waals surface area contributed by atoms with Crippen LogP contribution >= 0.6 is 15.9 Å². The second-order valence-electron chi connectivity index (χ2n) is 3.17. The summed E-state index contributed by atoms with van der Waals surface area (Å²) in [5, 5.41) is 0. The Labute approximate surface area is 98.4 Å². The minimum Gasteiger partial charge on any atom is -0.333 e. The van der Waals surface area contributed by atoms with Gasteiger partial charge in [0.25, 0.3) is 5.91 Å². The molecular weight excluding hydrogens is 289 g/mol. The molecule has 0 bridgehead atoms. The van der Waals surface area contributed by atoms with Crippen LogP contribution in [0.25, 0.3) is 0 Å². The largest absolute Gasteiger partial charge is 0.406 e. The Bertz CT molecular complexity index is 395. The average Bonchev–Trinajstić information content (AvgIpc) is 2.14. The topological polar surface area (TPSA) is 33.2 Å². The highest BCUT2D eigenvalue weighted by atomic mass is 79.9. The summed E-state index contributed by atoms with van der Waals surface area (Å²) in [4.78, 5) is 15.8. The molecule has 3 nitrogen and oxygen atoms in total. The van der Waals surface area contributed by atoms with Gasteiger partial charge in [0.15, 0.2) is 0 Å². The summed E-state index contributed by atoms with van der Waals surface area (Å²) in [5.41, 5.74) is 0.112. The molecule has 0 aliphatic carbocycles. The van der Waals surface area contributed by atoms with Crippen LogP contribution in [0, 0.1) is 0 Å². The molecular formula is C9H8BrF3N2O. The van der Waals surface area contributed by atoms with Crippen molar-refractivity contribution in [1.82, 2.24) is 9.88 Å². The summed E-state index contributed by atoms with van der Waals surface area (Å²) in [6.45, 7) is -1.28. The number of carbonyl (C=O) groups is 1. The summed E-state index contributed by atoms with van der Waals surface area (Å²) in [6, 6.07) is 1.42. The molecule has 0 aliphatic rings. The first-order valence-electron chi connectivity index (χ1n) is 4.22. The van der Waals surface area contributed by atoms with Crippen LogP contribution in [0.4, 0.5) is 13.2 Å². The van der Waals surface area contributed by atoms with E-state index in [0.29, 0.717) is 9.37 Å². The van der Waals surface area contributed by atoms with Gasteiger partial charge in [0.2, 0.25) is 0 Å². The summed E-state index contributed by atoms with van der Waals surface area (Å²) >= 11 is 3.09. The van der Waals surface area contributed by atoms with Gasteiger partial charge in [-0.3, -0.25) is 9.78 Å². The van der Waals surface area contributed by atoms with Crippen LogP contribution in [0.15, 0.2) is 22.9 Å². The molecule has 1 aromatic rings. The number of amides is 1. The number of hydrogen-bond acceptors (Lipinski definition) is 2. The number of alkyl halides is 3. The zero-order chi connectivity index (χ0) is 12.3. The quantitative estimate of drug-likeness (QED) is 0.840. The molecule has 0 saturated heterocycles. The van der Waals surface area contributed by atoms with Crippen LogP contribution in [-0.2, 0) is 0 Å². The minimum absolute atomic E-state index is 0.112. The van der Waals surface area contributed by atoms with Crippen molar-refractivity contribution in [3.05, 3.63) is 28.5 Å². The standard InChI is InChI=1S/C9H8BrF3N2O/c1-15(5-9(11,12)13)8(16)6-2-7(10)4-14-3-6/h2-4H,5H2,1H3. The number of hydrogen-bond donors (Lipinski definition) is 0. The number of nitrogens with zero attached hydrogens (tertiary/aromatic N) is 2. The fraction of sp³-hybridized carbons (Fsp3) is 0.333. The molecule has 0 saturated carbocycles. The lowest BCUT2D eigenvalue weighted by molar-refractivity contribution is -0.138. The first-order chi connectivity index (χ1) is 7.29. The molecule has 7 heteroatoms. The zero-order valence-electron chi connectivity index (χ0n) is 8.25. The van der Waals surface area contributed by atoms with Crippen molar-refractivity contribution >= 4 is 21.8 Å². The van der Waals surface area contributed by atoms with E-state index in [1.54, 1.807) is 0 Å². The number of pyridine rings is 1. The van der Waals surface area contributed by atoms with Gasteiger partial charge in [0, 0.05) is 23.9 Å². The Kier molecular flexibility index (Phi) is 3.90. The molecule has 0 N–H and O–H groups in total. The maximum Gasteiger partial charge on any atom is 0.406 e. The van der Waals surface area contributed by atoms with E-state index in [1.165, 1.54) is 18.5 Å². The minimum atomic E-state index is -4.40. The predicted molar refractivity (Wildman–Crippen MR) is 55.0 cm³/mol. The Hall–Kier alpha value is -1.11. The number of carbonyl (C=O) groups excluding carboxylic acids is 1. The van der Waals surface area contributed by atoms with Crippen molar-refractivity contribution < 1.29 is 18.0 Å². The van der Waals surface area contributed by atoms with Crippen molar-refractivity contribution in [2.24, 2.45) is 0 Å². The molecule has 16 heavy (non-hydrogen) atoms. The van der Waals surface area contributed by atoms with Crippen molar-refractivity contribution in [2.75, 3.05) is 13.6 Å². The maximum atomic E-state index is 12.0. The van der Waals surface area contributed by atoms with Crippen LogP contribution in [-0.4, -0.2) is 35.6 Å². The van der Waals surface area contributed by atoms with Gasteiger partial charge in [0.1, 0.15) is 6.54 Å². The van der Waals surface area contributed by atoms with Gasteiger partial charge < -0.3 is 4.90 Å². The zero-order valence-corrected chi connectivity index (χ0v) is 9.84. The Morgan fingerprint density at radius 1 is 1.50 bits per heavy atom. The van der Waals surface area contributed by atoms with Crippen LogP contribution in [0.2, 0.25) is 0 Å². The number of rotatable bonds is 2. The summed E-state index contributed by atoms with van der Waals surface area (Å²) in [6.07, 6.45) is -1.73. The SMILES string of the molecule is CN(CC(F)(F)F)C(=O)c1cncc(Br)c1. The number of halogens is 4. The maximum absolute atomic E-state index is 12.0. The normalized spacial score (nSPS) is 11.3. The first kappa shape index (κ1) is 13.0. The fourth-order valence-electron chi connectivity index (χ4n) is 1.09. The molecule has 0 unspecified atom stereocenters. The molecule has 0 atom stereocenters. The van der Waals surface area contributed by atoms with Crippen molar-refractivity contribution in [2.45, 2.75) is 6.18 Å². The second-order valence-corrected chi connectivity index (χ2v) is 4.08. The first-order valence-corrected chi connectivity index (χ1v) is 5.01. The predicted octanol–water partition coefficient (Wildman–Crippen LogP) is 2.48. The van der Waals surface area contributed by atoms with E-state index >= 15 is 0 Å². The van der Waals surface area contributed by atoms with Crippen molar-refractivity contribution in [1.29, 1.82) is 0 Å². The third-order valence-electron chi connectivity index (χ3n) is 1.71. The smallest absolute Gasteiger partial charge is 0.333 e. The van der Waals surface area contributed by atoms with Gasteiger partial charge in [-0.1, -0.05) is 0 Å². The van der Waals surface area contributed by atoms with E-state index < -0.39 is 18.6 Å². The van der Waals surface area contributed by atoms with E-state index in [2.05, 4.69) is 20.9 Å². The van der Waals surface area contributed by atoms with Gasteiger partial charge in [-0.2, -0.15) is 13.2 Å². The van der Waals surface area contributed by atoms with Gasteiger partial charge in [-0.25, -0.2) is 0 Å². The summed E-state index contributed by atoms with van der Waals surface area (Å²) in [7, 11) is 1.09. The summed E-state index contributed by atoms with van der Waals surface area (Å²) < 4.78 is 36.7. The van der Waals surface area contributed by atoms with Crippen molar-refractivity contribution in [3.8, 4) is 0 Å². The lowest BCUT2D eigenvalue weighted by Gasteiger charge is -2.18. The highest BCUT2D eigenvalue weighted by Crippen LogP contribution is 2.17. The van der Waals surface area contributed by atoms with Crippen LogP contribution in [0.5, 0.6) is 0 Å². The molecule has 1 aromatic heterocycles. The monoisotopic (exact) mass is 296 g/mol. The molecule has 0 radical (unpaired) electrons. The molecule has 1 rings (SSSR count). The molecule has 1 amide bonds. The summed E-state index contributed by atoms with van der Waals surface area (Å²) in [5.74, 6) is -0.717.